The largest absolute Gasteiger partial charge is 0.481 e. The van der Waals surface area contributed by atoms with Crippen LogP contribution in [0.2, 0.25) is 0 Å². The number of aliphatic hydroxyl groups excluding tert-OH is 1. The van der Waals surface area contributed by atoms with E-state index in [-0.39, 0.29) is 18.4 Å². The van der Waals surface area contributed by atoms with Gasteiger partial charge in [-0.3, -0.25) is 19.3 Å². The molecule has 2 amide bonds. The lowest BCUT2D eigenvalue weighted by molar-refractivity contribution is -0.134. The van der Waals surface area contributed by atoms with Crippen LogP contribution in [0.1, 0.15) is 33.2 Å². The number of imide groups is 1. The van der Waals surface area contributed by atoms with E-state index in [1.165, 1.54) is 0 Å². The molecule has 1 aliphatic rings. The van der Waals surface area contributed by atoms with Crippen LogP contribution in [0.5, 0.6) is 0 Å². The number of aliphatic hydroxyl groups is 1. The van der Waals surface area contributed by atoms with Gasteiger partial charge in [0.15, 0.2) is 0 Å². The first-order valence-electron chi connectivity index (χ1n) is 8.45. The Balaban J connectivity index is 0.000000596. The monoisotopic (exact) mass is 370 g/mol. The Hall–Kier alpha value is -3.03. The lowest BCUT2D eigenvalue weighted by Gasteiger charge is -2.30. The number of carbonyl (C=O) groups excluding carboxylic acids is 2. The minimum Gasteiger partial charge on any atom is -0.481 e. The van der Waals surface area contributed by atoms with Gasteiger partial charge in [-0.1, -0.05) is 42.5 Å². The summed E-state index contributed by atoms with van der Waals surface area (Å²) in [6, 6.07) is 15.5. The predicted molar refractivity (Wildman–Crippen MR) is 99.2 cm³/mol. The molecule has 0 bridgehead atoms. The lowest BCUT2D eigenvalue weighted by Crippen LogP contribution is -2.50. The van der Waals surface area contributed by atoms with E-state index in [1.807, 2.05) is 30.3 Å². The van der Waals surface area contributed by atoms with Crippen molar-refractivity contribution in [3.8, 4) is 0 Å². The zero-order chi connectivity index (χ0) is 20.0. The van der Waals surface area contributed by atoms with Crippen LogP contribution in [0.25, 0.3) is 0 Å². The summed E-state index contributed by atoms with van der Waals surface area (Å²) in [5.74, 6) is -1.59. The number of carboxylic acids is 1. The summed E-state index contributed by atoms with van der Waals surface area (Å²) in [4.78, 5) is 35.4. The number of hydrogen-bond donors (Lipinski definition) is 3. The Labute approximate surface area is 157 Å². The van der Waals surface area contributed by atoms with E-state index >= 15 is 0 Å². The lowest BCUT2D eigenvalue weighted by atomic mass is 9.99. The molecule has 4 N–H and O–H groups in total. The summed E-state index contributed by atoms with van der Waals surface area (Å²) in [7, 11) is 0. The summed E-state index contributed by atoms with van der Waals surface area (Å²) in [6.07, 6.45) is -0.609. The number of nitrogens with two attached hydrogens (primary N) is 1. The Kier molecular flexibility index (Phi) is 6.81. The molecular formula is C20H22N2O5. The summed E-state index contributed by atoms with van der Waals surface area (Å²) < 4.78 is 0. The molecule has 3 rings (SSSR count). The Morgan fingerprint density at radius 1 is 1.00 bits per heavy atom. The van der Waals surface area contributed by atoms with Crippen LogP contribution in [0.3, 0.4) is 0 Å². The van der Waals surface area contributed by atoms with E-state index in [9.17, 15) is 14.7 Å². The fourth-order valence-corrected chi connectivity index (χ4v) is 2.92. The highest BCUT2D eigenvalue weighted by atomic mass is 16.4. The number of benzene rings is 2. The molecule has 0 fully saturated rings. The summed E-state index contributed by atoms with van der Waals surface area (Å²) in [6.45, 7) is 1.06. The number of amides is 2. The number of hydrogen-bond acceptors (Lipinski definition) is 5. The van der Waals surface area contributed by atoms with E-state index in [0.717, 1.165) is 17.4 Å². The predicted octanol–water partition coefficient (Wildman–Crippen LogP) is 1.30. The molecule has 0 radical (unpaired) electrons. The van der Waals surface area contributed by atoms with Crippen molar-refractivity contribution in [1.29, 1.82) is 0 Å². The fraction of sp³-hybridized carbons (Fsp3) is 0.250. The topological polar surface area (TPSA) is 121 Å². The van der Waals surface area contributed by atoms with E-state index < -0.39 is 18.1 Å². The zero-order valence-corrected chi connectivity index (χ0v) is 14.9. The van der Waals surface area contributed by atoms with Crippen molar-refractivity contribution in [2.24, 2.45) is 5.73 Å². The maximum Gasteiger partial charge on any atom is 0.300 e. The molecule has 2 aromatic rings. The van der Waals surface area contributed by atoms with Gasteiger partial charge in [-0.15, -0.1) is 0 Å². The van der Waals surface area contributed by atoms with Gasteiger partial charge in [-0.25, -0.2) is 0 Å². The molecule has 0 saturated carbocycles. The Morgan fingerprint density at radius 2 is 1.44 bits per heavy atom. The van der Waals surface area contributed by atoms with Crippen molar-refractivity contribution in [2.45, 2.75) is 25.5 Å². The van der Waals surface area contributed by atoms with Gasteiger partial charge in [-0.05, 0) is 24.1 Å². The molecule has 0 spiro atoms. The van der Waals surface area contributed by atoms with Crippen LogP contribution in [0.4, 0.5) is 0 Å². The maximum atomic E-state index is 12.6. The van der Waals surface area contributed by atoms with Crippen molar-refractivity contribution in [1.82, 2.24) is 4.90 Å². The van der Waals surface area contributed by atoms with Crippen molar-refractivity contribution >= 4 is 17.8 Å². The van der Waals surface area contributed by atoms with Crippen LogP contribution in [0, 0.1) is 0 Å². The van der Waals surface area contributed by atoms with E-state index in [0.29, 0.717) is 17.5 Å². The molecule has 7 heteroatoms. The average Bonchev–Trinajstić information content (AvgIpc) is 2.91. The standard InChI is InChI=1S/C18H18N2O3.C2H4O2/c19-11-16(21)15(10-12-6-2-1-3-7-12)20-17(22)13-8-4-5-9-14(13)18(20)23;1-2(3)4/h1-9,15-16,21H,10-11,19H2;1H3,(H,3,4). The molecule has 7 nitrogen and oxygen atoms in total. The first kappa shape index (κ1) is 20.3. The van der Waals surface area contributed by atoms with Crippen molar-refractivity contribution in [3.63, 3.8) is 0 Å². The van der Waals surface area contributed by atoms with Gasteiger partial charge in [0.1, 0.15) is 0 Å². The van der Waals surface area contributed by atoms with Gasteiger partial charge >= 0.3 is 0 Å². The third kappa shape index (κ3) is 4.78. The molecule has 0 aliphatic carbocycles. The Bertz CT molecular complexity index is 783. The molecule has 2 atom stereocenters. The van der Waals surface area contributed by atoms with E-state index in [1.54, 1.807) is 24.3 Å². The highest BCUT2D eigenvalue weighted by molar-refractivity contribution is 6.21. The third-order valence-electron chi connectivity index (χ3n) is 4.13. The maximum absolute atomic E-state index is 12.6. The second kappa shape index (κ2) is 9.07. The molecule has 2 aromatic carbocycles. The summed E-state index contributed by atoms with van der Waals surface area (Å²) >= 11 is 0. The summed E-state index contributed by atoms with van der Waals surface area (Å²) in [5.41, 5.74) is 7.27. The number of carboxylic acid groups (broad SMARTS) is 1. The highest BCUT2D eigenvalue weighted by Gasteiger charge is 2.41. The van der Waals surface area contributed by atoms with Gasteiger partial charge in [-0.2, -0.15) is 0 Å². The third-order valence-corrected chi connectivity index (χ3v) is 4.13. The van der Waals surface area contributed by atoms with Gasteiger partial charge in [0.05, 0.1) is 23.3 Å². The molecular weight excluding hydrogens is 348 g/mol. The minimum absolute atomic E-state index is 0.0229. The normalized spacial score (nSPS) is 14.9. The van der Waals surface area contributed by atoms with Crippen molar-refractivity contribution < 1.29 is 24.6 Å². The summed E-state index contributed by atoms with van der Waals surface area (Å²) in [5, 5.41) is 17.7. The van der Waals surface area contributed by atoms with Crippen LogP contribution >= 0.6 is 0 Å². The minimum atomic E-state index is -0.975. The van der Waals surface area contributed by atoms with Crippen molar-refractivity contribution in [2.75, 3.05) is 6.54 Å². The van der Waals surface area contributed by atoms with Gasteiger partial charge < -0.3 is 15.9 Å². The van der Waals surface area contributed by atoms with Gasteiger partial charge in [0.2, 0.25) is 0 Å². The molecule has 142 valence electrons. The fourth-order valence-electron chi connectivity index (χ4n) is 2.92. The second-order valence-corrected chi connectivity index (χ2v) is 6.11. The van der Waals surface area contributed by atoms with Crippen LogP contribution in [0.15, 0.2) is 54.6 Å². The highest BCUT2D eigenvalue weighted by Crippen LogP contribution is 2.27. The van der Waals surface area contributed by atoms with Gasteiger partial charge in [0.25, 0.3) is 17.8 Å². The average molecular weight is 370 g/mol. The first-order valence-corrected chi connectivity index (χ1v) is 8.45. The van der Waals surface area contributed by atoms with Crippen LogP contribution < -0.4 is 5.73 Å². The number of carbonyl (C=O) groups is 3. The van der Waals surface area contributed by atoms with Crippen LogP contribution in [-0.2, 0) is 11.2 Å². The molecule has 2 unspecified atom stereocenters. The molecule has 27 heavy (non-hydrogen) atoms. The quantitative estimate of drug-likeness (QED) is 0.682. The van der Waals surface area contributed by atoms with E-state index in [4.69, 9.17) is 15.6 Å². The SMILES string of the molecule is CC(=O)O.NCC(O)C(Cc1ccccc1)N1C(=O)c2ccccc2C1=O. The van der Waals surface area contributed by atoms with Crippen LogP contribution in [-0.4, -0.2) is 51.6 Å². The number of fused-ring (bicyclic) bond motifs is 1. The molecule has 1 aliphatic heterocycles. The molecule has 1 heterocycles. The van der Waals surface area contributed by atoms with Crippen molar-refractivity contribution in [3.05, 3.63) is 71.3 Å². The molecule has 0 aromatic heterocycles. The second-order valence-electron chi connectivity index (χ2n) is 6.11. The van der Waals surface area contributed by atoms with E-state index in [2.05, 4.69) is 0 Å². The van der Waals surface area contributed by atoms with Gasteiger partial charge in [0, 0.05) is 13.5 Å². The number of rotatable bonds is 5. The smallest absolute Gasteiger partial charge is 0.300 e. The number of nitrogens with zero attached hydrogens (tertiary/aromatic N) is 1. The zero-order valence-electron chi connectivity index (χ0n) is 14.9. The number of aliphatic carboxylic acids is 1. The first-order chi connectivity index (χ1) is 12.9. The molecule has 0 saturated heterocycles. The Morgan fingerprint density at radius 3 is 1.89 bits per heavy atom.